The standard InChI is InChI=1S/C28H23F2N3O2/c1-16-25(28(35)33-22-10-9-20(29)14-21(22)30)26(18-8-5-11-31-15-18)27-23(32-16)12-19(13-24(27)34)17-6-3-2-4-7-17/h2-11,14-15,19,26-27H,12-13H2,1H3,(H,33,35)/t19-,26-,27-/m1/s1. The molecule has 2 heterocycles. The van der Waals surface area contributed by atoms with Crippen LogP contribution in [0.2, 0.25) is 0 Å². The number of pyridine rings is 1. The summed E-state index contributed by atoms with van der Waals surface area (Å²) in [7, 11) is 0. The van der Waals surface area contributed by atoms with E-state index >= 15 is 0 Å². The van der Waals surface area contributed by atoms with Gasteiger partial charge in [-0.1, -0.05) is 36.4 Å². The molecule has 1 fully saturated rings. The molecule has 2 aliphatic rings. The summed E-state index contributed by atoms with van der Waals surface area (Å²) in [5.74, 6) is -3.40. The number of halogens is 2. The predicted octanol–water partition coefficient (Wildman–Crippen LogP) is 5.57. The number of nitrogens with zero attached hydrogens (tertiary/aromatic N) is 2. The first-order valence-corrected chi connectivity index (χ1v) is 11.4. The van der Waals surface area contributed by atoms with Gasteiger partial charge in [0.05, 0.1) is 11.6 Å². The minimum Gasteiger partial charge on any atom is -0.320 e. The Balaban J connectivity index is 1.56. The first kappa shape index (κ1) is 22.8. The van der Waals surface area contributed by atoms with Crippen LogP contribution >= 0.6 is 0 Å². The quantitative estimate of drug-likeness (QED) is 0.541. The van der Waals surface area contributed by atoms with Gasteiger partial charge in [0.25, 0.3) is 5.91 Å². The molecule has 3 atom stereocenters. The molecule has 5 rings (SSSR count). The van der Waals surface area contributed by atoms with E-state index in [9.17, 15) is 18.4 Å². The van der Waals surface area contributed by atoms with Crippen molar-refractivity contribution in [3.8, 4) is 0 Å². The highest BCUT2D eigenvalue weighted by Gasteiger charge is 2.45. The topological polar surface area (TPSA) is 71.4 Å². The number of Topliss-reactive ketones (excluding diaryl/α,β-unsaturated/α-hetero) is 1. The second-order valence-electron chi connectivity index (χ2n) is 8.90. The predicted molar refractivity (Wildman–Crippen MR) is 129 cm³/mol. The Morgan fingerprint density at radius 3 is 2.46 bits per heavy atom. The van der Waals surface area contributed by atoms with Crippen LogP contribution < -0.4 is 5.32 Å². The molecule has 0 saturated heterocycles. The third kappa shape index (κ3) is 4.41. The van der Waals surface area contributed by atoms with Crippen LogP contribution in [0.3, 0.4) is 0 Å². The maximum absolute atomic E-state index is 14.3. The van der Waals surface area contributed by atoms with E-state index in [0.717, 1.165) is 17.3 Å². The second kappa shape index (κ2) is 9.33. The molecule has 1 aromatic heterocycles. The summed E-state index contributed by atoms with van der Waals surface area (Å²) >= 11 is 0. The number of fused-ring (bicyclic) bond motifs is 1. The smallest absolute Gasteiger partial charge is 0.254 e. The average Bonchev–Trinajstić information content (AvgIpc) is 2.85. The molecular weight excluding hydrogens is 448 g/mol. The van der Waals surface area contributed by atoms with E-state index < -0.39 is 29.4 Å². The van der Waals surface area contributed by atoms with Crippen LogP contribution in [0.15, 0.2) is 89.3 Å². The fourth-order valence-electron chi connectivity index (χ4n) is 5.13. The molecule has 0 spiro atoms. The van der Waals surface area contributed by atoms with Gasteiger partial charge in [0.1, 0.15) is 17.4 Å². The minimum atomic E-state index is -0.881. The van der Waals surface area contributed by atoms with Gasteiger partial charge in [0.15, 0.2) is 0 Å². The maximum Gasteiger partial charge on any atom is 0.254 e. The Kier molecular flexibility index (Phi) is 6.07. The molecule has 0 radical (unpaired) electrons. The molecule has 0 unspecified atom stereocenters. The molecule has 1 N–H and O–H groups in total. The number of ketones is 1. The third-order valence-corrected chi connectivity index (χ3v) is 6.69. The Hall–Kier alpha value is -4.00. The lowest BCUT2D eigenvalue weighted by molar-refractivity contribution is -0.122. The molecule has 2 aromatic carbocycles. The van der Waals surface area contributed by atoms with Crippen LogP contribution in [0.25, 0.3) is 0 Å². The Labute approximate surface area is 201 Å². The fraction of sp³-hybridized carbons (Fsp3) is 0.214. The normalized spacial score (nSPS) is 21.9. The van der Waals surface area contributed by atoms with Crippen molar-refractivity contribution in [2.45, 2.75) is 31.6 Å². The van der Waals surface area contributed by atoms with E-state index in [4.69, 9.17) is 4.99 Å². The minimum absolute atomic E-state index is 0.00321. The highest BCUT2D eigenvalue weighted by atomic mass is 19.1. The zero-order valence-electron chi connectivity index (χ0n) is 19.0. The van der Waals surface area contributed by atoms with Crippen molar-refractivity contribution >= 4 is 23.1 Å². The van der Waals surface area contributed by atoms with Gasteiger partial charge >= 0.3 is 0 Å². The van der Waals surface area contributed by atoms with Crippen molar-refractivity contribution in [1.82, 2.24) is 4.98 Å². The third-order valence-electron chi connectivity index (χ3n) is 6.69. The van der Waals surface area contributed by atoms with Gasteiger partial charge in [0, 0.05) is 47.8 Å². The van der Waals surface area contributed by atoms with Gasteiger partial charge in [-0.2, -0.15) is 0 Å². The van der Waals surface area contributed by atoms with Crippen LogP contribution in [0, 0.1) is 17.6 Å². The number of allylic oxidation sites excluding steroid dienone is 1. The van der Waals surface area contributed by atoms with E-state index in [1.807, 2.05) is 36.4 Å². The lowest BCUT2D eigenvalue weighted by atomic mass is 9.66. The van der Waals surface area contributed by atoms with Crippen LogP contribution in [-0.4, -0.2) is 22.4 Å². The SMILES string of the molecule is CC1=C(C(=O)Nc2ccc(F)cc2F)[C@@H](c2cccnc2)[C@H]2C(=O)C[C@H](c3ccccc3)CC2=N1. The number of anilines is 1. The number of rotatable bonds is 4. The first-order chi connectivity index (χ1) is 16.9. The van der Waals surface area contributed by atoms with E-state index in [2.05, 4.69) is 10.3 Å². The van der Waals surface area contributed by atoms with Gasteiger partial charge in [-0.15, -0.1) is 0 Å². The molecule has 1 aliphatic heterocycles. The largest absolute Gasteiger partial charge is 0.320 e. The molecule has 3 aromatic rings. The number of hydrogen-bond donors (Lipinski definition) is 1. The summed E-state index contributed by atoms with van der Waals surface area (Å²) in [5, 5.41) is 2.54. The second-order valence-corrected chi connectivity index (χ2v) is 8.90. The average molecular weight is 472 g/mol. The van der Waals surface area contributed by atoms with E-state index in [1.165, 1.54) is 6.07 Å². The number of carbonyl (C=O) groups is 2. The first-order valence-electron chi connectivity index (χ1n) is 11.4. The summed E-state index contributed by atoms with van der Waals surface area (Å²) < 4.78 is 27.6. The molecule has 0 bridgehead atoms. The summed E-state index contributed by atoms with van der Waals surface area (Å²) in [6, 6.07) is 16.4. The number of carbonyl (C=O) groups excluding carboxylic acids is 2. The molecule has 1 aliphatic carbocycles. The number of nitrogens with one attached hydrogen (secondary N) is 1. The fourth-order valence-corrected chi connectivity index (χ4v) is 5.13. The number of hydrogen-bond acceptors (Lipinski definition) is 4. The summed E-state index contributed by atoms with van der Waals surface area (Å²) in [4.78, 5) is 35.9. The van der Waals surface area contributed by atoms with Crippen LogP contribution in [0.1, 0.15) is 42.7 Å². The maximum atomic E-state index is 14.3. The lowest BCUT2D eigenvalue weighted by Crippen LogP contribution is -2.41. The Morgan fingerprint density at radius 1 is 0.971 bits per heavy atom. The zero-order valence-corrected chi connectivity index (χ0v) is 19.0. The lowest BCUT2D eigenvalue weighted by Gasteiger charge is -2.38. The van der Waals surface area contributed by atoms with Gasteiger partial charge in [-0.3, -0.25) is 19.6 Å². The Morgan fingerprint density at radius 2 is 1.74 bits per heavy atom. The van der Waals surface area contributed by atoms with Crippen LogP contribution in [-0.2, 0) is 9.59 Å². The van der Waals surface area contributed by atoms with Crippen molar-refractivity contribution in [1.29, 1.82) is 0 Å². The van der Waals surface area contributed by atoms with Gasteiger partial charge in [0.2, 0.25) is 0 Å². The zero-order chi connectivity index (χ0) is 24.5. The molecule has 176 valence electrons. The summed E-state index contributed by atoms with van der Waals surface area (Å²) in [6.45, 7) is 1.72. The van der Waals surface area contributed by atoms with Crippen molar-refractivity contribution in [2.24, 2.45) is 10.9 Å². The molecule has 35 heavy (non-hydrogen) atoms. The summed E-state index contributed by atoms with van der Waals surface area (Å²) in [5.41, 5.74) is 3.13. The number of benzene rings is 2. The van der Waals surface area contributed by atoms with Gasteiger partial charge < -0.3 is 5.32 Å². The van der Waals surface area contributed by atoms with Crippen molar-refractivity contribution < 1.29 is 18.4 Å². The van der Waals surface area contributed by atoms with E-state index in [-0.39, 0.29) is 23.0 Å². The molecule has 1 amide bonds. The Bertz CT molecular complexity index is 1350. The highest BCUT2D eigenvalue weighted by Crippen LogP contribution is 2.45. The van der Waals surface area contributed by atoms with Crippen molar-refractivity contribution in [3.63, 3.8) is 0 Å². The van der Waals surface area contributed by atoms with Gasteiger partial charge in [-0.25, -0.2) is 8.78 Å². The van der Waals surface area contributed by atoms with Gasteiger partial charge in [-0.05, 0) is 48.6 Å². The molecule has 7 heteroatoms. The number of aliphatic imine (C=N–C) groups is 1. The number of aromatic nitrogens is 1. The van der Waals surface area contributed by atoms with E-state index in [1.54, 1.807) is 25.4 Å². The monoisotopic (exact) mass is 471 g/mol. The summed E-state index contributed by atoms with van der Waals surface area (Å²) in [6.07, 6.45) is 4.21. The molecule has 1 saturated carbocycles. The number of amides is 1. The van der Waals surface area contributed by atoms with E-state index in [0.29, 0.717) is 30.2 Å². The van der Waals surface area contributed by atoms with Crippen LogP contribution in [0.5, 0.6) is 0 Å². The highest BCUT2D eigenvalue weighted by molar-refractivity contribution is 6.14. The van der Waals surface area contributed by atoms with Crippen molar-refractivity contribution in [2.75, 3.05) is 5.32 Å². The van der Waals surface area contributed by atoms with Crippen molar-refractivity contribution in [3.05, 3.63) is 107 Å². The molecular formula is C28H23F2N3O2. The van der Waals surface area contributed by atoms with Crippen LogP contribution in [0.4, 0.5) is 14.5 Å². The molecule has 5 nitrogen and oxygen atoms in total.